The minimum Gasteiger partial charge on any atom is -0.481 e. The number of pyridine rings is 1. The Balaban J connectivity index is 2.04. The molecule has 114 valence electrons. The van der Waals surface area contributed by atoms with Crippen LogP contribution in [0.1, 0.15) is 30.6 Å². The predicted molar refractivity (Wildman–Crippen MR) is 79.3 cm³/mol. The first-order valence-corrected chi connectivity index (χ1v) is 7.14. The number of nitrogens with zero attached hydrogens (tertiary/aromatic N) is 2. The van der Waals surface area contributed by atoms with E-state index in [-0.39, 0.29) is 13.0 Å². The molecule has 0 spiro atoms. The summed E-state index contributed by atoms with van der Waals surface area (Å²) in [4.78, 5) is 29.2. The zero-order chi connectivity index (χ0) is 15.7. The number of carbonyl (C=O) groups is 2. The molecule has 0 aliphatic carbocycles. The maximum Gasteiger partial charge on any atom is 0.410 e. The fourth-order valence-corrected chi connectivity index (χ4v) is 2.80. The van der Waals surface area contributed by atoms with Gasteiger partial charge in [0, 0.05) is 5.39 Å². The van der Waals surface area contributed by atoms with Crippen LogP contribution in [0.2, 0.25) is 0 Å². The Morgan fingerprint density at radius 1 is 1.41 bits per heavy atom. The maximum atomic E-state index is 12.1. The van der Waals surface area contributed by atoms with E-state index >= 15 is 0 Å². The number of fused-ring (bicyclic) bond motifs is 2. The second-order valence-corrected chi connectivity index (χ2v) is 5.17. The van der Waals surface area contributed by atoms with Crippen molar-refractivity contribution in [2.45, 2.75) is 25.9 Å². The minimum atomic E-state index is -0.970. The van der Waals surface area contributed by atoms with E-state index in [1.165, 1.54) is 4.90 Å². The fourth-order valence-electron chi connectivity index (χ4n) is 2.80. The molecule has 0 saturated heterocycles. The third kappa shape index (κ3) is 2.47. The van der Waals surface area contributed by atoms with Gasteiger partial charge in [-0.25, -0.2) is 4.79 Å². The number of rotatable bonds is 3. The Labute approximate surface area is 127 Å². The van der Waals surface area contributed by atoms with Crippen LogP contribution < -0.4 is 0 Å². The van der Waals surface area contributed by atoms with E-state index in [0.717, 1.165) is 16.5 Å². The number of ether oxygens (including phenoxy) is 1. The molecule has 0 bridgehead atoms. The maximum absolute atomic E-state index is 12.1. The van der Waals surface area contributed by atoms with Gasteiger partial charge in [-0.15, -0.1) is 0 Å². The molecule has 6 nitrogen and oxygen atoms in total. The van der Waals surface area contributed by atoms with E-state index in [1.807, 2.05) is 30.3 Å². The van der Waals surface area contributed by atoms with Crippen molar-refractivity contribution in [2.24, 2.45) is 0 Å². The summed E-state index contributed by atoms with van der Waals surface area (Å²) in [6.45, 7) is 2.30. The highest BCUT2D eigenvalue weighted by Gasteiger charge is 2.37. The number of carboxylic acids is 1. The molecule has 2 heterocycles. The molecule has 1 aromatic carbocycles. The molecule has 6 heteroatoms. The van der Waals surface area contributed by atoms with Gasteiger partial charge in [0.25, 0.3) is 0 Å². The van der Waals surface area contributed by atoms with E-state index in [1.54, 1.807) is 6.92 Å². The summed E-state index contributed by atoms with van der Waals surface area (Å²) in [6, 6.07) is 9.00. The molecular weight excluding hydrogens is 284 g/mol. The van der Waals surface area contributed by atoms with Gasteiger partial charge in [-0.1, -0.05) is 18.2 Å². The van der Waals surface area contributed by atoms with Crippen molar-refractivity contribution < 1.29 is 19.4 Å². The summed E-state index contributed by atoms with van der Waals surface area (Å²) in [6.07, 6.45) is -0.687. The Morgan fingerprint density at radius 2 is 2.18 bits per heavy atom. The van der Waals surface area contributed by atoms with Crippen LogP contribution in [0.25, 0.3) is 10.9 Å². The first-order chi connectivity index (χ1) is 10.6. The zero-order valence-electron chi connectivity index (χ0n) is 12.2. The molecule has 1 aliphatic heterocycles. The zero-order valence-corrected chi connectivity index (χ0v) is 12.2. The van der Waals surface area contributed by atoms with Crippen molar-refractivity contribution in [1.29, 1.82) is 0 Å². The average molecular weight is 300 g/mol. The number of hydrogen-bond acceptors (Lipinski definition) is 4. The lowest BCUT2D eigenvalue weighted by atomic mass is 10.1. The minimum absolute atomic E-state index is 0.183. The number of carboxylic acid groups (broad SMARTS) is 1. The average Bonchev–Trinajstić information content (AvgIpc) is 2.82. The van der Waals surface area contributed by atoms with Gasteiger partial charge >= 0.3 is 12.1 Å². The first-order valence-electron chi connectivity index (χ1n) is 7.14. The number of aromatic nitrogens is 1. The van der Waals surface area contributed by atoms with E-state index < -0.39 is 18.1 Å². The van der Waals surface area contributed by atoms with Gasteiger partial charge in [0.05, 0.1) is 36.8 Å². The number of amides is 1. The second-order valence-electron chi connectivity index (χ2n) is 5.17. The summed E-state index contributed by atoms with van der Waals surface area (Å²) in [5.41, 5.74) is 2.31. The van der Waals surface area contributed by atoms with Crippen LogP contribution in [-0.2, 0) is 16.1 Å². The van der Waals surface area contributed by atoms with Crippen molar-refractivity contribution in [3.05, 3.63) is 41.6 Å². The van der Waals surface area contributed by atoms with Crippen LogP contribution in [0.3, 0.4) is 0 Å². The van der Waals surface area contributed by atoms with Crippen molar-refractivity contribution >= 4 is 23.0 Å². The van der Waals surface area contributed by atoms with E-state index in [0.29, 0.717) is 12.2 Å². The first kappa shape index (κ1) is 14.3. The van der Waals surface area contributed by atoms with Gasteiger partial charge in [-0.2, -0.15) is 0 Å². The van der Waals surface area contributed by atoms with Gasteiger partial charge in [0.15, 0.2) is 0 Å². The molecule has 1 amide bonds. The SMILES string of the molecule is CCOC(=O)N1Cc2cc3ccccc3nc2C1CC(=O)O. The van der Waals surface area contributed by atoms with Crippen LogP contribution in [0.5, 0.6) is 0 Å². The monoisotopic (exact) mass is 300 g/mol. The number of para-hydroxylation sites is 1. The molecule has 3 rings (SSSR count). The summed E-state index contributed by atoms with van der Waals surface area (Å²) in [7, 11) is 0. The van der Waals surface area contributed by atoms with Crippen LogP contribution in [0.15, 0.2) is 30.3 Å². The molecule has 1 atom stereocenters. The van der Waals surface area contributed by atoms with Gasteiger partial charge in [0.2, 0.25) is 0 Å². The summed E-state index contributed by atoms with van der Waals surface area (Å²) in [5, 5.41) is 10.1. The Kier molecular flexibility index (Phi) is 3.66. The van der Waals surface area contributed by atoms with Gasteiger partial charge in [0.1, 0.15) is 0 Å². The molecular formula is C16H16N2O4. The number of hydrogen-bond donors (Lipinski definition) is 1. The summed E-state index contributed by atoms with van der Waals surface area (Å²) >= 11 is 0. The third-order valence-corrected chi connectivity index (χ3v) is 3.74. The molecule has 0 fully saturated rings. The predicted octanol–water partition coefficient (Wildman–Crippen LogP) is 2.72. The molecule has 1 aromatic heterocycles. The molecule has 1 N–H and O–H groups in total. The lowest BCUT2D eigenvalue weighted by Crippen LogP contribution is -2.31. The van der Waals surface area contributed by atoms with E-state index in [4.69, 9.17) is 9.84 Å². The Morgan fingerprint density at radius 3 is 2.91 bits per heavy atom. The van der Waals surface area contributed by atoms with Crippen LogP contribution in [0.4, 0.5) is 4.79 Å². The lowest BCUT2D eigenvalue weighted by Gasteiger charge is -2.22. The van der Waals surface area contributed by atoms with E-state index in [2.05, 4.69) is 4.98 Å². The Bertz CT molecular complexity index is 744. The Hall–Kier alpha value is -2.63. The summed E-state index contributed by atoms with van der Waals surface area (Å²) < 4.78 is 5.03. The third-order valence-electron chi connectivity index (χ3n) is 3.74. The number of carbonyl (C=O) groups excluding carboxylic acids is 1. The number of benzene rings is 1. The lowest BCUT2D eigenvalue weighted by molar-refractivity contribution is -0.138. The topological polar surface area (TPSA) is 79.7 Å². The van der Waals surface area contributed by atoms with Crippen molar-refractivity contribution in [1.82, 2.24) is 9.88 Å². The standard InChI is InChI=1S/C16H16N2O4/c1-2-22-16(21)18-9-11-7-10-5-3-4-6-12(10)17-15(11)13(18)8-14(19)20/h3-7,13H,2,8-9H2,1H3,(H,19,20). The van der Waals surface area contributed by atoms with Crippen molar-refractivity contribution in [3.8, 4) is 0 Å². The quantitative estimate of drug-likeness (QED) is 0.942. The highest BCUT2D eigenvalue weighted by molar-refractivity contribution is 5.81. The highest BCUT2D eigenvalue weighted by atomic mass is 16.6. The van der Waals surface area contributed by atoms with Gasteiger partial charge in [-0.05, 0) is 24.6 Å². The largest absolute Gasteiger partial charge is 0.481 e. The van der Waals surface area contributed by atoms with Gasteiger partial charge < -0.3 is 9.84 Å². The molecule has 2 aromatic rings. The second kappa shape index (κ2) is 5.63. The van der Waals surface area contributed by atoms with Crippen LogP contribution >= 0.6 is 0 Å². The fraction of sp³-hybridized carbons (Fsp3) is 0.312. The molecule has 22 heavy (non-hydrogen) atoms. The van der Waals surface area contributed by atoms with E-state index in [9.17, 15) is 9.59 Å². The van der Waals surface area contributed by atoms with Crippen LogP contribution in [-0.4, -0.2) is 33.7 Å². The van der Waals surface area contributed by atoms with Crippen molar-refractivity contribution in [3.63, 3.8) is 0 Å². The normalized spacial score (nSPS) is 16.6. The molecule has 1 unspecified atom stereocenters. The van der Waals surface area contributed by atoms with Crippen molar-refractivity contribution in [2.75, 3.05) is 6.61 Å². The van der Waals surface area contributed by atoms with Crippen LogP contribution in [0, 0.1) is 0 Å². The smallest absolute Gasteiger partial charge is 0.410 e. The molecule has 0 radical (unpaired) electrons. The number of aliphatic carboxylic acids is 1. The highest BCUT2D eigenvalue weighted by Crippen LogP contribution is 2.36. The molecule has 0 saturated carbocycles. The van der Waals surface area contributed by atoms with Gasteiger partial charge in [-0.3, -0.25) is 14.7 Å². The molecule has 1 aliphatic rings. The summed E-state index contributed by atoms with van der Waals surface area (Å²) in [5.74, 6) is -0.970.